The number of carbonyl (C=O) groups excluding carboxylic acids is 1. The van der Waals surface area contributed by atoms with Crippen LogP contribution in [0.2, 0.25) is 0 Å². The second-order valence-corrected chi connectivity index (χ2v) is 5.16. The molecule has 0 atom stereocenters. The lowest BCUT2D eigenvalue weighted by Gasteiger charge is -2.07. The fourth-order valence-corrected chi connectivity index (χ4v) is 2.22. The minimum Gasteiger partial charge on any atom is -0.489 e. The molecule has 0 saturated carbocycles. The fourth-order valence-electron chi connectivity index (χ4n) is 2.22. The Hall–Kier alpha value is -2.29. The Bertz CT molecular complexity index is 534. The van der Waals surface area contributed by atoms with Gasteiger partial charge in [-0.1, -0.05) is 42.5 Å². The maximum absolute atomic E-state index is 9.88. The SMILES string of the molecule is O=[C]OCCCCCc1ccc(OCc2ccccc2)cc1. The second kappa shape index (κ2) is 9.61. The van der Waals surface area contributed by atoms with Gasteiger partial charge < -0.3 is 9.47 Å². The summed E-state index contributed by atoms with van der Waals surface area (Å²) in [5.41, 5.74) is 2.47. The molecule has 3 nitrogen and oxygen atoms in total. The smallest absolute Gasteiger partial charge is 0.417 e. The quantitative estimate of drug-likeness (QED) is 0.620. The molecule has 22 heavy (non-hydrogen) atoms. The molecule has 0 aliphatic heterocycles. The summed E-state index contributed by atoms with van der Waals surface area (Å²) in [4.78, 5) is 9.88. The van der Waals surface area contributed by atoms with E-state index in [1.807, 2.05) is 30.3 Å². The largest absolute Gasteiger partial charge is 0.489 e. The van der Waals surface area contributed by atoms with Crippen LogP contribution in [-0.2, 0) is 22.6 Å². The summed E-state index contributed by atoms with van der Waals surface area (Å²) in [6.45, 7) is 2.50. The molecule has 0 spiro atoms. The van der Waals surface area contributed by atoms with Crippen molar-refractivity contribution in [3.63, 3.8) is 0 Å². The van der Waals surface area contributed by atoms with Crippen LogP contribution in [0.3, 0.4) is 0 Å². The van der Waals surface area contributed by atoms with Crippen LogP contribution in [0.15, 0.2) is 54.6 Å². The van der Waals surface area contributed by atoms with Crippen LogP contribution in [-0.4, -0.2) is 13.1 Å². The first-order valence-corrected chi connectivity index (χ1v) is 7.63. The summed E-state index contributed by atoms with van der Waals surface area (Å²) in [6, 6.07) is 18.4. The van der Waals surface area contributed by atoms with Crippen molar-refractivity contribution in [3.05, 3.63) is 65.7 Å². The number of hydrogen-bond acceptors (Lipinski definition) is 3. The van der Waals surface area contributed by atoms with Crippen molar-refractivity contribution in [2.45, 2.75) is 32.3 Å². The summed E-state index contributed by atoms with van der Waals surface area (Å²) in [5.74, 6) is 0.891. The highest BCUT2D eigenvalue weighted by Gasteiger charge is 1.98. The molecule has 0 bridgehead atoms. The Kier molecular flexibility index (Phi) is 7.03. The lowest BCUT2D eigenvalue weighted by atomic mass is 10.1. The lowest BCUT2D eigenvalue weighted by molar-refractivity contribution is 0.269. The zero-order valence-corrected chi connectivity index (χ0v) is 12.7. The van der Waals surface area contributed by atoms with E-state index in [2.05, 4.69) is 29.0 Å². The zero-order chi connectivity index (χ0) is 15.5. The third-order valence-corrected chi connectivity index (χ3v) is 3.44. The Morgan fingerprint density at radius 1 is 0.818 bits per heavy atom. The monoisotopic (exact) mass is 297 g/mol. The molecule has 0 heterocycles. The van der Waals surface area contributed by atoms with E-state index in [1.165, 1.54) is 17.6 Å². The van der Waals surface area contributed by atoms with Gasteiger partial charge in [-0.2, -0.15) is 0 Å². The van der Waals surface area contributed by atoms with Crippen molar-refractivity contribution >= 4 is 6.47 Å². The van der Waals surface area contributed by atoms with Crippen molar-refractivity contribution in [1.82, 2.24) is 0 Å². The van der Waals surface area contributed by atoms with Crippen molar-refractivity contribution in [2.75, 3.05) is 6.61 Å². The number of hydrogen-bond donors (Lipinski definition) is 0. The summed E-state index contributed by atoms with van der Waals surface area (Å²) in [5, 5.41) is 0. The molecule has 0 N–H and O–H groups in total. The second-order valence-electron chi connectivity index (χ2n) is 5.16. The minimum absolute atomic E-state index is 0.468. The summed E-state index contributed by atoms with van der Waals surface area (Å²) in [7, 11) is 0. The van der Waals surface area contributed by atoms with E-state index in [1.54, 1.807) is 0 Å². The first-order chi connectivity index (χ1) is 10.9. The average Bonchev–Trinajstić information content (AvgIpc) is 2.58. The topological polar surface area (TPSA) is 35.5 Å². The van der Waals surface area contributed by atoms with E-state index < -0.39 is 0 Å². The van der Waals surface area contributed by atoms with Crippen LogP contribution in [0.1, 0.15) is 30.4 Å². The molecular formula is C19H21O3. The maximum Gasteiger partial charge on any atom is 0.417 e. The molecule has 0 aliphatic carbocycles. The molecule has 0 aromatic heterocycles. The van der Waals surface area contributed by atoms with E-state index in [-0.39, 0.29) is 0 Å². The number of unbranched alkanes of at least 4 members (excludes halogenated alkanes) is 2. The van der Waals surface area contributed by atoms with Crippen LogP contribution in [0.4, 0.5) is 0 Å². The first-order valence-electron chi connectivity index (χ1n) is 7.63. The van der Waals surface area contributed by atoms with Crippen molar-refractivity contribution < 1.29 is 14.3 Å². The van der Waals surface area contributed by atoms with Gasteiger partial charge in [0.15, 0.2) is 0 Å². The Balaban J connectivity index is 1.68. The Morgan fingerprint density at radius 2 is 1.59 bits per heavy atom. The van der Waals surface area contributed by atoms with Gasteiger partial charge >= 0.3 is 6.47 Å². The molecular weight excluding hydrogens is 276 g/mol. The van der Waals surface area contributed by atoms with Gasteiger partial charge in [-0.25, -0.2) is 4.79 Å². The van der Waals surface area contributed by atoms with Crippen LogP contribution in [0.25, 0.3) is 0 Å². The molecule has 2 aromatic carbocycles. The molecule has 1 radical (unpaired) electrons. The van der Waals surface area contributed by atoms with Gasteiger partial charge in [0.25, 0.3) is 0 Å². The lowest BCUT2D eigenvalue weighted by Crippen LogP contribution is -1.95. The zero-order valence-electron chi connectivity index (χ0n) is 12.7. The van der Waals surface area contributed by atoms with Gasteiger partial charge in [0.05, 0.1) is 6.61 Å². The standard InChI is InChI=1S/C19H21O3/c20-16-21-14-6-2-5-7-17-10-12-19(13-11-17)22-15-18-8-3-1-4-9-18/h1,3-4,8-13H,2,5-7,14-15H2. The Labute approximate surface area is 131 Å². The van der Waals surface area contributed by atoms with Gasteiger partial charge in [0, 0.05) is 0 Å². The number of aryl methyl sites for hydroxylation is 1. The molecule has 3 heteroatoms. The maximum atomic E-state index is 9.88. The van der Waals surface area contributed by atoms with Gasteiger partial charge in [-0.05, 0) is 48.9 Å². The normalized spacial score (nSPS) is 10.2. The van der Waals surface area contributed by atoms with Gasteiger partial charge in [0.2, 0.25) is 0 Å². The highest BCUT2D eigenvalue weighted by atomic mass is 16.5. The average molecular weight is 297 g/mol. The molecule has 0 saturated heterocycles. The van der Waals surface area contributed by atoms with Crippen molar-refractivity contribution in [1.29, 1.82) is 0 Å². The fraction of sp³-hybridized carbons (Fsp3) is 0.316. The van der Waals surface area contributed by atoms with E-state index in [0.717, 1.165) is 31.4 Å². The molecule has 115 valence electrons. The molecule has 2 rings (SSSR count). The van der Waals surface area contributed by atoms with Crippen molar-refractivity contribution in [3.8, 4) is 5.75 Å². The predicted octanol–water partition coefficient (Wildman–Crippen LogP) is 4.06. The molecule has 0 amide bonds. The van der Waals surface area contributed by atoms with Gasteiger partial charge in [-0.3, -0.25) is 0 Å². The van der Waals surface area contributed by atoms with Crippen LogP contribution in [0, 0.1) is 0 Å². The molecule has 0 aliphatic rings. The summed E-state index contributed by atoms with van der Waals surface area (Å²) < 4.78 is 10.3. The van der Waals surface area contributed by atoms with E-state index in [4.69, 9.17) is 4.74 Å². The highest BCUT2D eigenvalue weighted by Crippen LogP contribution is 2.16. The van der Waals surface area contributed by atoms with E-state index in [0.29, 0.717) is 13.2 Å². The van der Waals surface area contributed by atoms with E-state index >= 15 is 0 Å². The Morgan fingerprint density at radius 3 is 2.32 bits per heavy atom. The van der Waals surface area contributed by atoms with Crippen LogP contribution >= 0.6 is 0 Å². The summed E-state index contributed by atoms with van der Waals surface area (Å²) in [6.07, 6.45) is 4.07. The minimum atomic E-state index is 0.468. The first kappa shape index (κ1) is 16.1. The number of rotatable bonds is 10. The predicted molar refractivity (Wildman–Crippen MR) is 86.4 cm³/mol. The van der Waals surface area contributed by atoms with E-state index in [9.17, 15) is 4.79 Å². The van der Waals surface area contributed by atoms with Crippen LogP contribution in [0.5, 0.6) is 5.75 Å². The number of benzene rings is 2. The van der Waals surface area contributed by atoms with Gasteiger partial charge in [0.1, 0.15) is 12.4 Å². The van der Waals surface area contributed by atoms with Crippen molar-refractivity contribution in [2.24, 2.45) is 0 Å². The summed E-state index contributed by atoms with van der Waals surface area (Å²) >= 11 is 0. The molecule has 0 fully saturated rings. The molecule has 2 aromatic rings. The van der Waals surface area contributed by atoms with Gasteiger partial charge in [-0.15, -0.1) is 0 Å². The molecule has 0 unspecified atom stereocenters. The number of ether oxygens (including phenoxy) is 2. The van der Waals surface area contributed by atoms with Crippen LogP contribution < -0.4 is 4.74 Å². The highest BCUT2D eigenvalue weighted by molar-refractivity contribution is 5.38. The third-order valence-electron chi connectivity index (χ3n) is 3.44. The third kappa shape index (κ3) is 6.00.